The summed E-state index contributed by atoms with van der Waals surface area (Å²) in [5, 5.41) is 17.3. The molecule has 0 aromatic carbocycles. The van der Waals surface area contributed by atoms with Crippen molar-refractivity contribution in [2.24, 2.45) is 11.7 Å². The average Bonchev–Trinajstić information content (AvgIpc) is 3.03. The lowest BCUT2D eigenvalue weighted by Crippen LogP contribution is -2.54. The van der Waals surface area contributed by atoms with Crippen LogP contribution >= 0.6 is 0 Å². The molecular weight excluding hydrogens is 328 g/mol. The van der Waals surface area contributed by atoms with Crippen molar-refractivity contribution >= 4 is 23.7 Å². The lowest BCUT2D eigenvalue weighted by Gasteiger charge is -2.24. The maximum absolute atomic E-state index is 12.5. The number of carboxylic acid groups (broad SMARTS) is 1. The zero-order valence-electron chi connectivity index (χ0n) is 14.7. The summed E-state index contributed by atoms with van der Waals surface area (Å²) in [5.41, 5.74) is 5.02. The SMILES string of the molecule is CC(C)C[C@H](NC(=O)[C@@H]1CCCN1)C(=O)N[C@@H](CCC(N)=O)C(=O)O. The fraction of sp³-hybridized carbons (Fsp3) is 0.750. The second-order valence-corrected chi connectivity index (χ2v) is 6.74. The van der Waals surface area contributed by atoms with E-state index in [-0.39, 0.29) is 30.7 Å². The van der Waals surface area contributed by atoms with Crippen LogP contribution in [0.2, 0.25) is 0 Å². The molecule has 0 unspecified atom stereocenters. The van der Waals surface area contributed by atoms with Crippen molar-refractivity contribution in [1.29, 1.82) is 0 Å². The van der Waals surface area contributed by atoms with Gasteiger partial charge >= 0.3 is 5.97 Å². The summed E-state index contributed by atoms with van der Waals surface area (Å²) < 4.78 is 0. The number of rotatable bonds is 10. The van der Waals surface area contributed by atoms with Gasteiger partial charge in [0.15, 0.2) is 0 Å². The predicted octanol–water partition coefficient (Wildman–Crippen LogP) is -0.896. The Balaban J connectivity index is 2.71. The fourth-order valence-electron chi connectivity index (χ4n) is 2.70. The van der Waals surface area contributed by atoms with Gasteiger partial charge in [0.1, 0.15) is 12.1 Å². The molecular formula is C16H28N4O5. The molecule has 1 aliphatic heterocycles. The van der Waals surface area contributed by atoms with Crippen molar-refractivity contribution < 1.29 is 24.3 Å². The second-order valence-electron chi connectivity index (χ2n) is 6.74. The summed E-state index contributed by atoms with van der Waals surface area (Å²) in [6.07, 6.45) is 1.74. The molecule has 25 heavy (non-hydrogen) atoms. The number of carbonyl (C=O) groups excluding carboxylic acids is 3. The normalized spacial score (nSPS) is 19.2. The summed E-state index contributed by atoms with van der Waals surface area (Å²) in [6, 6.07) is -2.38. The monoisotopic (exact) mass is 356 g/mol. The van der Waals surface area contributed by atoms with Gasteiger partial charge in [-0.05, 0) is 38.1 Å². The Kier molecular flexibility index (Phi) is 8.33. The van der Waals surface area contributed by atoms with Gasteiger partial charge in [0, 0.05) is 6.42 Å². The first-order valence-electron chi connectivity index (χ1n) is 8.56. The zero-order valence-corrected chi connectivity index (χ0v) is 14.7. The van der Waals surface area contributed by atoms with Gasteiger partial charge in [0.2, 0.25) is 17.7 Å². The molecule has 6 N–H and O–H groups in total. The highest BCUT2D eigenvalue weighted by molar-refractivity contribution is 5.92. The van der Waals surface area contributed by atoms with E-state index in [1.807, 2.05) is 13.8 Å². The van der Waals surface area contributed by atoms with Gasteiger partial charge in [-0.2, -0.15) is 0 Å². The van der Waals surface area contributed by atoms with Gasteiger partial charge in [-0.3, -0.25) is 14.4 Å². The van der Waals surface area contributed by atoms with Crippen molar-refractivity contribution in [3.05, 3.63) is 0 Å². The molecule has 0 bridgehead atoms. The average molecular weight is 356 g/mol. The quantitative estimate of drug-likeness (QED) is 0.342. The standard InChI is InChI=1S/C16H28N4O5/c1-9(2)8-12(20-14(22)10-4-3-7-18-10)15(23)19-11(16(24)25)5-6-13(17)21/h9-12,18H,3-8H2,1-2H3,(H2,17,21)(H,19,23)(H,20,22)(H,24,25)/t10-,11-,12-/m0/s1. The fourth-order valence-corrected chi connectivity index (χ4v) is 2.70. The van der Waals surface area contributed by atoms with E-state index in [1.165, 1.54) is 0 Å². The van der Waals surface area contributed by atoms with Crippen LogP contribution in [-0.4, -0.2) is 53.5 Å². The number of hydrogen-bond donors (Lipinski definition) is 5. The molecule has 142 valence electrons. The molecule has 3 atom stereocenters. The van der Waals surface area contributed by atoms with Crippen molar-refractivity contribution in [3.8, 4) is 0 Å². The third-order valence-corrected chi connectivity index (χ3v) is 4.01. The number of amides is 3. The molecule has 0 aromatic rings. The largest absolute Gasteiger partial charge is 0.480 e. The van der Waals surface area contributed by atoms with E-state index >= 15 is 0 Å². The smallest absolute Gasteiger partial charge is 0.326 e. The molecule has 1 heterocycles. The number of hydrogen-bond acceptors (Lipinski definition) is 5. The minimum absolute atomic E-state index is 0.0943. The highest BCUT2D eigenvalue weighted by Gasteiger charge is 2.30. The Morgan fingerprint density at radius 3 is 2.36 bits per heavy atom. The van der Waals surface area contributed by atoms with Gasteiger partial charge in [0.25, 0.3) is 0 Å². The third kappa shape index (κ3) is 7.51. The first-order valence-corrected chi connectivity index (χ1v) is 8.56. The third-order valence-electron chi connectivity index (χ3n) is 4.01. The van der Waals surface area contributed by atoms with Gasteiger partial charge in [0.05, 0.1) is 6.04 Å². The summed E-state index contributed by atoms with van der Waals surface area (Å²) in [7, 11) is 0. The summed E-state index contributed by atoms with van der Waals surface area (Å²) in [6.45, 7) is 4.57. The second kappa shape index (κ2) is 9.97. The molecule has 3 amide bonds. The van der Waals surface area contributed by atoms with Crippen molar-refractivity contribution in [1.82, 2.24) is 16.0 Å². The molecule has 1 saturated heterocycles. The van der Waals surface area contributed by atoms with Crippen molar-refractivity contribution in [2.75, 3.05) is 6.54 Å². The Morgan fingerprint density at radius 1 is 1.20 bits per heavy atom. The van der Waals surface area contributed by atoms with Crippen LogP contribution in [0.25, 0.3) is 0 Å². The van der Waals surface area contributed by atoms with E-state index in [2.05, 4.69) is 16.0 Å². The van der Waals surface area contributed by atoms with E-state index in [0.717, 1.165) is 13.0 Å². The lowest BCUT2D eigenvalue weighted by molar-refractivity contribution is -0.142. The van der Waals surface area contributed by atoms with Gasteiger partial charge in [-0.1, -0.05) is 13.8 Å². The Hall–Kier alpha value is -2.16. The number of carbonyl (C=O) groups is 4. The summed E-state index contributed by atoms with van der Waals surface area (Å²) in [5.74, 6) is -2.60. The van der Waals surface area contributed by atoms with Crippen LogP contribution in [-0.2, 0) is 19.2 Å². The molecule has 1 aliphatic rings. The molecule has 1 rings (SSSR count). The summed E-state index contributed by atoms with van der Waals surface area (Å²) >= 11 is 0. The van der Waals surface area contributed by atoms with Gasteiger partial charge in [-0.25, -0.2) is 4.79 Å². The Morgan fingerprint density at radius 2 is 1.88 bits per heavy atom. The highest BCUT2D eigenvalue weighted by atomic mass is 16.4. The highest BCUT2D eigenvalue weighted by Crippen LogP contribution is 2.09. The van der Waals surface area contributed by atoms with Gasteiger partial charge in [-0.15, -0.1) is 0 Å². The van der Waals surface area contributed by atoms with E-state index in [4.69, 9.17) is 5.73 Å². The molecule has 0 aliphatic carbocycles. The minimum Gasteiger partial charge on any atom is -0.480 e. The molecule has 0 spiro atoms. The topological polar surface area (TPSA) is 151 Å². The van der Waals surface area contributed by atoms with Crippen LogP contribution in [0.3, 0.4) is 0 Å². The summed E-state index contributed by atoms with van der Waals surface area (Å²) in [4.78, 5) is 46.8. The van der Waals surface area contributed by atoms with Crippen LogP contribution in [0.4, 0.5) is 0 Å². The lowest BCUT2D eigenvalue weighted by atomic mass is 10.0. The molecule has 0 aromatic heterocycles. The molecule has 9 heteroatoms. The maximum Gasteiger partial charge on any atom is 0.326 e. The molecule has 1 fully saturated rings. The van der Waals surface area contributed by atoms with Crippen LogP contribution in [0, 0.1) is 5.92 Å². The molecule has 0 saturated carbocycles. The van der Waals surface area contributed by atoms with Crippen LogP contribution in [0.5, 0.6) is 0 Å². The predicted molar refractivity (Wildman–Crippen MR) is 90.4 cm³/mol. The number of primary amides is 1. The van der Waals surface area contributed by atoms with Gasteiger partial charge < -0.3 is 26.8 Å². The first kappa shape index (κ1) is 20.9. The van der Waals surface area contributed by atoms with Crippen LogP contribution in [0.1, 0.15) is 46.0 Å². The maximum atomic E-state index is 12.5. The van der Waals surface area contributed by atoms with E-state index in [0.29, 0.717) is 12.8 Å². The van der Waals surface area contributed by atoms with E-state index < -0.39 is 29.9 Å². The Labute approximate surface area is 147 Å². The van der Waals surface area contributed by atoms with E-state index in [9.17, 15) is 24.3 Å². The first-order chi connectivity index (χ1) is 11.7. The van der Waals surface area contributed by atoms with Crippen molar-refractivity contribution in [2.45, 2.75) is 64.1 Å². The van der Waals surface area contributed by atoms with Crippen LogP contribution in [0.15, 0.2) is 0 Å². The molecule has 9 nitrogen and oxygen atoms in total. The number of nitrogens with one attached hydrogen (secondary N) is 3. The minimum atomic E-state index is -1.25. The van der Waals surface area contributed by atoms with E-state index in [1.54, 1.807) is 0 Å². The van der Waals surface area contributed by atoms with Crippen molar-refractivity contribution in [3.63, 3.8) is 0 Å². The number of aliphatic carboxylic acids is 1. The Bertz CT molecular complexity index is 503. The zero-order chi connectivity index (χ0) is 19.0. The van der Waals surface area contributed by atoms with Crippen LogP contribution < -0.4 is 21.7 Å². The molecule has 0 radical (unpaired) electrons. The number of nitrogens with two attached hydrogens (primary N) is 1. The number of carboxylic acids is 1.